The zero-order valence-corrected chi connectivity index (χ0v) is 27.7. The number of hydrogen-bond acceptors (Lipinski definition) is 9. The molecule has 0 aromatic carbocycles. The van der Waals surface area contributed by atoms with Crippen molar-refractivity contribution in [2.75, 3.05) is 30.0 Å². The summed E-state index contributed by atoms with van der Waals surface area (Å²) in [5.41, 5.74) is -0.943. The van der Waals surface area contributed by atoms with Crippen molar-refractivity contribution in [1.82, 2.24) is 25.1 Å². The van der Waals surface area contributed by atoms with E-state index in [0.717, 1.165) is 82.2 Å². The molecule has 2 saturated heterocycles. The molecule has 230 valence electrons. The molecule has 40 heavy (non-hydrogen) atoms. The van der Waals surface area contributed by atoms with E-state index in [9.17, 15) is 5.21 Å². The van der Waals surface area contributed by atoms with Gasteiger partial charge in [0.2, 0.25) is 11.9 Å². The number of anilines is 2. The van der Waals surface area contributed by atoms with E-state index in [2.05, 4.69) is 84.1 Å². The number of hydroxylamine groups is 4. The molecule has 0 amide bonds. The first-order valence-corrected chi connectivity index (χ1v) is 15.6. The fourth-order valence-corrected chi connectivity index (χ4v) is 7.62. The van der Waals surface area contributed by atoms with Gasteiger partial charge in [-0.05, 0) is 101 Å². The summed E-state index contributed by atoms with van der Waals surface area (Å²) in [4.78, 5) is 25.9. The van der Waals surface area contributed by atoms with Gasteiger partial charge in [0.15, 0.2) is 0 Å². The Kier molecular flexibility index (Phi) is 10.2. The highest BCUT2D eigenvalue weighted by molar-refractivity contribution is 5.42. The van der Waals surface area contributed by atoms with Crippen LogP contribution in [0.15, 0.2) is 0 Å². The van der Waals surface area contributed by atoms with Crippen molar-refractivity contribution in [1.29, 1.82) is 0 Å². The average Bonchev–Trinajstić information content (AvgIpc) is 2.81. The van der Waals surface area contributed by atoms with Crippen LogP contribution in [-0.4, -0.2) is 84.7 Å². The van der Waals surface area contributed by atoms with Crippen LogP contribution in [0.25, 0.3) is 0 Å². The molecule has 9 heteroatoms. The smallest absolute Gasteiger partial charge is 0.230 e. The Morgan fingerprint density at radius 3 is 1.45 bits per heavy atom. The number of piperidine rings is 2. The Hall–Kier alpha value is -1.55. The van der Waals surface area contributed by atoms with E-state index in [4.69, 9.17) is 19.8 Å². The van der Waals surface area contributed by atoms with Crippen LogP contribution in [0.2, 0.25) is 0 Å². The largest absolute Gasteiger partial charge is 0.338 e. The Morgan fingerprint density at radius 2 is 1.10 bits per heavy atom. The fourth-order valence-electron chi connectivity index (χ4n) is 7.62. The second-order valence-corrected chi connectivity index (χ2v) is 14.7. The molecule has 3 heterocycles. The van der Waals surface area contributed by atoms with Gasteiger partial charge < -0.3 is 19.8 Å². The lowest BCUT2D eigenvalue weighted by Crippen LogP contribution is -2.64. The van der Waals surface area contributed by atoms with E-state index in [-0.39, 0.29) is 34.2 Å². The molecule has 0 spiro atoms. The molecule has 2 fully saturated rings. The van der Waals surface area contributed by atoms with Gasteiger partial charge in [-0.15, -0.1) is 0 Å². The summed E-state index contributed by atoms with van der Waals surface area (Å²) in [6, 6.07) is 0.513. The van der Waals surface area contributed by atoms with E-state index < -0.39 is 0 Å². The summed E-state index contributed by atoms with van der Waals surface area (Å²) in [5.74, 6) is 2.32. The summed E-state index contributed by atoms with van der Waals surface area (Å²) >= 11 is 0. The molecule has 0 bridgehead atoms. The minimum Gasteiger partial charge on any atom is -0.338 e. The van der Waals surface area contributed by atoms with Crippen molar-refractivity contribution >= 4 is 11.9 Å². The third-order valence-electron chi connectivity index (χ3n) is 8.99. The zero-order chi connectivity index (χ0) is 30.1. The molecule has 0 saturated carbocycles. The van der Waals surface area contributed by atoms with Crippen LogP contribution in [0, 0.1) is 6.92 Å². The lowest BCUT2D eigenvalue weighted by molar-refractivity contribution is -0.266. The number of hydrogen-bond donors (Lipinski definition) is 1. The van der Waals surface area contributed by atoms with Gasteiger partial charge in [-0.1, -0.05) is 26.7 Å². The Balaban J connectivity index is 2.04. The molecule has 0 unspecified atom stereocenters. The molecular formula is C31H59N7O2. The third-order valence-corrected chi connectivity index (χ3v) is 8.99. The molecule has 2 aliphatic rings. The molecule has 3 rings (SSSR count). The molecule has 1 N–H and O–H groups in total. The van der Waals surface area contributed by atoms with Crippen LogP contribution < -0.4 is 9.80 Å². The Labute approximate surface area is 244 Å². The van der Waals surface area contributed by atoms with Gasteiger partial charge >= 0.3 is 0 Å². The normalized spacial score (nSPS) is 23.3. The molecule has 2 aliphatic heterocycles. The van der Waals surface area contributed by atoms with Crippen molar-refractivity contribution in [2.45, 2.75) is 162 Å². The molecule has 0 atom stereocenters. The van der Waals surface area contributed by atoms with E-state index in [1.54, 1.807) is 12.2 Å². The Bertz CT molecular complexity index is 944. The van der Waals surface area contributed by atoms with Crippen LogP contribution in [0.4, 0.5) is 11.9 Å². The number of nitrogens with zero attached hydrogens (tertiary/aromatic N) is 7. The van der Waals surface area contributed by atoms with Crippen molar-refractivity contribution < 1.29 is 10.0 Å². The first-order valence-electron chi connectivity index (χ1n) is 15.6. The maximum absolute atomic E-state index is 11.0. The predicted octanol–water partition coefficient (Wildman–Crippen LogP) is 6.39. The highest BCUT2D eigenvalue weighted by Crippen LogP contribution is 2.42. The highest BCUT2D eigenvalue weighted by Gasteiger charge is 2.49. The molecule has 1 aromatic rings. The van der Waals surface area contributed by atoms with Crippen LogP contribution in [0.5, 0.6) is 0 Å². The van der Waals surface area contributed by atoms with Gasteiger partial charge in [0.25, 0.3) is 0 Å². The van der Waals surface area contributed by atoms with Crippen molar-refractivity contribution in [3.8, 4) is 0 Å². The van der Waals surface area contributed by atoms with E-state index >= 15 is 0 Å². The zero-order valence-electron chi connectivity index (χ0n) is 27.7. The van der Waals surface area contributed by atoms with Gasteiger partial charge in [0.05, 0.1) is 7.11 Å². The summed E-state index contributed by atoms with van der Waals surface area (Å²) in [5, 5.41) is 14.7. The number of unbranched alkanes of at least 4 members (excludes halogenated alkanes) is 2. The maximum Gasteiger partial charge on any atom is 0.230 e. The molecular weight excluding hydrogens is 502 g/mol. The lowest BCUT2D eigenvalue weighted by Gasteiger charge is -2.55. The SMILES string of the molecule is CCCCN(c1nc(C)nc(N(CCCC)C2CC(C)(C)N(OC)C(C)(C)C2)n1)C1CC(C)(C)N(O)C(C)(C)C1. The van der Waals surface area contributed by atoms with Gasteiger partial charge in [-0.2, -0.15) is 25.1 Å². The van der Waals surface area contributed by atoms with Crippen LogP contribution >= 0.6 is 0 Å². The monoisotopic (exact) mass is 561 g/mol. The molecule has 0 radical (unpaired) electrons. The quantitative estimate of drug-likeness (QED) is 0.331. The second kappa shape index (κ2) is 12.4. The van der Waals surface area contributed by atoms with Gasteiger partial charge in [0, 0.05) is 47.3 Å². The second-order valence-electron chi connectivity index (χ2n) is 14.7. The lowest BCUT2D eigenvalue weighted by atomic mass is 9.78. The fraction of sp³-hybridized carbons (Fsp3) is 0.903. The maximum atomic E-state index is 11.0. The first kappa shape index (κ1) is 33.0. The van der Waals surface area contributed by atoms with Crippen LogP contribution in [0.1, 0.15) is 126 Å². The summed E-state index contributed by atoms with van der Waals surface area (Å²) in [7, 11) is 1.79. The predicted molar refractivity (Wildman–Crippen MR) is 164 cm³/mol. The topological polar surface area (TPSA) is 81.1 Å². The Morgan fingerprint density at radius 1 is 0.725 bits per heavy atom. The average molecular weight is 562 g/mol. The third kappa shape index (κ3) is 7.08. The van der Waals surface area contributed by atoms with Crippen LogP contribution in [-0.2, 0) is 4.84 Å². The standard InChI is InChI=1S/C31H59N7O2/c1-13-15-17-35(24-19-28(4,5)37(39)29(6,7)20-24)26-32-23(3)33-27(34-26)36(18-16-14-2)25-21-30(8,9)38(40-12)31(10,11)22-25/h24-25,39H,13-22H2,1-12H3. The van der Waals surface area contributed by atoms with Gasteiger partial charge in [-0.3, -0.25) is 0 Å². The number of aromatic nitrogens is 3. The van der Waals surface area contributed by atoms with E-state index in [0.29, 0.717) is 0 Å². The summed E-state index contributed by atoms with van der Waals surface area (Å²) < 4.78 is 0. The molecule has 1 aromatic heterocycles. The molecule has 9 nitrogen and oxygen atoms in total. The highest BCUT2D eigenvalue weighted by atomic mass is 16.7. The van der Waals surface area contributed by atoms with Crippen molar-refractivity contribution in [3.63, 3.8) is 0 Å². The summed E-state index contributed by atoms with van der Waals surface area (Å²) in [6.07, 6.45) is 7.98. The van der Waals surface area contributed by atoms with Crippen LogP contribution in [0.3, 0.4) is 0 Å². The van der Waals surface area contributed by atoms with E-state index in [1.165, 1.54) is 0 Å². The minimum absolute atomic E-state index is 0.126. The van der Waals surface area contributed by atoms with E-state index in [1.807, 2.05) is 6.92 Å². The minimum atomic E-state index is -0.346. The van der Waals surface area contributed by atoms with Gasteiger partial charge in [-0.25, -0.2) is 0 Å². The first-order chi connectivity index (χ1) is 18.5. The van der Waals surface area contributed by atoms with Crippen molar-refractivity contribution in [3.05, 3.63) is 5.82 Å². The van der Waals surface area contributed by atoms with Gasteiger partial charge in [0.1, 0.15) is 5.82 Å². The number of rotatable bonds is 11. The molecule has 0 aliphatic carbocycles. The number of aryl methyl sites for hydroxylation is 1. The van der Waals surface area contributed by atoms with Crippen molar-refractivity contribution in [2.24, 2.45) is 0 Å². The summed E-state index contributed by atoms with van der Waals surface area (Å²) in [6.45, 7) is 25.9.